The lowest BCUT2D eigenvalue weighted by Crippen LogP contribution is -2.47. The lowest BCUT2D eigenvalue weighted by atomic mass is 10.0. The van der Waals surface area contributed by atoms with Gasteiger partial charge in [0.05, 0.1) is 13.7 Å². The summed E-state index contributed by atoms with van der Waals surface area (Å²) in [5.41, 5.74) is 2.00. The standard InChI is InChI=1S/C21H20FN3O4/c1-29-21(28)18(10-14-11-23-17-5-3-2-4-16(14)17)25-19(26)12-24-20(27)13-6-8-15(22)9-7-13/h2-9,11,18,23H,10,12H2,1H3,(H,24,27)(H,25,26)/t18-/m1/s1. The number of esters is 1. The molecule has 29 heavy (non-hydrogen) atoms. The Morgan fingerprint density at radius 3 is 2.55 bits per heavy atom. The Labute approximate surface area is 166 Å². The van der Waals surface area contributed by atoms with Gasteiger partial charge >= 0.3 is 5.97 Å². The van der Waals surface area contributed by atoms with Gasteiger partial charge in [0.15, 0.2) is 0 Å². The number of amides is 2. The van der Waals surface area contributed by atoms with Crippen LogP contribution in [0.1, 0.15) is 15.9 Å². The Morgan fingerprint density at radius 1 is 1.10 bits per heavy atom. The molecule has 8 heteroatoms. The van der Waals surface area contributed by atoms with E-state index in [4.69, 9.17) is 4.74 Å². The van der Waals surface area contributed by atoms with E-state index in [0.29, 0.717) is 0 Å². The summed E-state index contributed by atoms with van der Waals surface area (Å²) in [6, 6.07) is 11.6. The molecule has 0 aliphatic rings. The zero-order chi connectivity index (χ0) is 20.8. The third-order valence-corrected chi connectivity index (χ3v) is 4.44. The molecule has 1 atom stereocenters. The average Bonchev–Trinajstić information content (AvgIpc) is 3.14. The van der Waals surface area contributed by atoms with Gasteiger partial charge in [0.25, 0.3) is 5.91 Å². The van der Waals surface area contributed by atoms with Gasteiger partial charge in [-0.1, -0.05) is 18.2 Å². The van der Waals surface area contributed by atoms with Crippen LogP contribution in [-0.4, -0.2) is 42.5 Å². The molecule has 7 nitrogen and oxygen atoms in total. The van der Waals surface area contributed by atoms with Gasteiger partial charge in [-0.25, -0.2) is 9.18 Å². The number of hydrogen-bond acceptors (Lipinski definition) is 4. The minimum atomic E-state index is -0.908. The Hall–Kier alpha value is -3.68. The van der Waals surface area contributed by atoms with Gasteiger partial charge in [0.1, 0.15) is 11.9 Å². The van der Waals surface area contributed by atoms with Gasteiger partial charge in [-0.15, -0.1) is 0 Å². The first-order chi connectivity index (χ1) is 14.0. The number of halogens is 1. The van der Waals surface area contributed by atoms with Crippen molar-refractivity contribution < 1.29 is 23.5 Å². The Kier molecular flexibility index (Phi) is 6.23. The number of rotatable bonds is 7. The fraction of sp³-hybridized carbons (Fsp3) is 0.190. The molecule has 150 valence electrons. The Morgan fingerprint density at radius 2 is 1.83 bits per heavy atom. The van der Waals surface area contributed by atoms with E-state index in [1.54, 1.807) is 6.20 Å². The van der Waals surface area contributed by atoms with E-state index in [9.17, 15) is 18.8 Å². The molecule has 0 unspecified atom stereocenters. The molecular formula is C21H20FN3O4. The number of aromatic amines is 1. The first kappa shape index (κ1) is 20.1. The summed E-state index contributed by atoms with van der Waals surface area (Å²) >= 11 is 0. The highest BCUT2D eigenvalue weighted by molar-refractivity contribution is 5.97. The molecule has 1 aromatic heterocycles. The van der Waals surface area contributed by atoms with Crippen LogP contribution < -0.4 is 10.6 Å². The van der Waals surface area contributed by atoms with Crippen molar-refractivity contribution in [1.82, 2.24) is 15.6 Å². The fourth-order valence-corrected chi connectivity index (χ4v) is 2.97. The van der Waals surface area contributed by atoms with Crippen LogP contribution in [0.15, 0.2) is 54.7 Å². The topological polar surface area (TPSA) is 100 Å². The number of carbonyl (C=O) groups is 3. The first-order valence-corrected chi connectivity index (χ1v) is 8.94. The van der Waals surface area contributed by atoms with Crippen molar-refractivity contribution in [1.29, 1.82) is 0 Å². The summed E-state index contributed by atoms with van der Waals surface area (Å²) in [4.78, 5) is 39.5. The van der Waals surface area contributed by atoms with Crippen molar-refractivity contribution in [2.75, 3.05) is 13.7 Å². The predicted octanol–water partition coefficient (Wildman–Crippen LogP) is 1.94. The van der Waals surface area contributed by atoms with Gasteiger partial charge in [-0.2, -0.15) is 0 Å². The molecule has 0 saturated carbocycles. The van der Waals surface area contributed by atoms with Crippen molar-refractivity contribution >= 4 is 28.7 Å². The van der Waals surface area contributed by atoms with Crippen LogP contribution in [-0.2, 0) is 20.7 Å². The van der Waals surface area contributed by atoms with Crippen LogP contribution in [0.3, 0.4) is 0 Å². The second kappa shape index (κ2) is 9.01. The summed E-state index contributed by atoms with van der Waals surface area (Å²) in [5.74, 6) is -2.12. The van der Waals surface area contributed by atoms with E-state index in [1.165, 1.54) is 19.2 Å². The second-order valence-corrected chi connectivity index (χ2v) is 6.40. The minimum absolute atomic E-state index is 0.225. The maximum Gasteiger partial charge on any atom is 0.328 e. The number of H-pyrrole nitrogens is 1. The number of nitrogens with one attached hydrogen (secondary N) is 3. The summed E-state index contributed by atoms with van der Waals surface area (Å²) in [6.45, 7) is -0.336. The van der Waals surface area contributed by atoms with E-state index >= 15 is 0 Å². The quantitative estimate of drug-likeness (QED) is 0.531. The van der Waals surface area contributed by atoms with Gasteiger partial charge in [-0.3, -0.25) is 9.59 Å². The van der Waals surface area contributed by atoms with Crippen molar-refractivity contribution in [3.8, 4) is 0 Å². The number of benzene rings is 2. The van der Waals surface area contributed by atoms with Crippen molar-refractivity contribution in [3.63, 3.8) is 0 Å². The van der Waals surface area contributed by atoms with E-state index in [1.807, 2.05) is 24.3 Å². The lowest BCUT2D eigenvalue weighted by molar-refractivity contribution is -0.144. The van der Waals surface area contributed by atoms with E-state index in [2.05, 4.69) is 15.6 Å². The molecular weight excluding hydrogens is 377 g/mol. The molecule has 3 aromatic rings. The van der Waals surface area contributed by atoms with Crippen LogP contribution in [0.4, 0.5) is 4.39 Å². The van der Waals surface area contributed by atoms with Crippen LogP contribution in [0.2, 0.25) is 0 Å². The van der Waals surface area contributed by atoms with Crippen LogP contribution in [0, 0.1) is 5.82 Å². The molecule has 1 heterocycles. The molecule has 0 bridgehead atoms. The highest BCUT2D eigenvalue weighted by Gasteiger charge is 2.23. The van der Waals surface area contributed by atoms with Gasteiger partial charge in [-0.05, 0) is 35.9 Å². The lowest BCUT2D eigenvalue weighted by Gasteiger charge is -2.16. The van der Waals surface area contributed by atoms with Crippen LogP contribution in [0.5, 0.6) is 0 Å². The number of ether oxygens (including phenoxy) is 1. The van der Waals surface area contributed by atoms with E-state index in [-0.39, 0.29) is 18.5 Å². The number of fused-ring (bicyclic) bond motifs is 1. The molecule has 0 fully saturated rings. The molecule has 0 aliphatic heterocycles. The smallest absolute Gasteiger partial charge is 0.328 e. The van der Waals surface area contributed by atoms with Gasteiger partial charge < -0.3 is 20.4 Å². The molecule has 0 spiro atoms. The molecule has 2 amide bonds. The van der Waals surface area contributed by atoms with Crippen LogP contribution >= 0.6 is 0 Å². The van der Waals surface area contributed by atoms with Gasteiger partial charge in [0.2, 0.25) is 5.91 Å². The van der Waals surface area contributed by atoms with E-state index in [0.717, 1.165) is 28.6 Å². The minimum Gasteiger partial charge on any atom is -0.467 e. The average molecular weight is 397 g/mol. The first-order valence-electron chi connectivity index (χ1n) is 8.94. The number of carbonyl (C=O) groups excluding carboxylic acids is 3. The third kappa shape index (κ3) is 4.98. The molecule has 0 saturated heterocycles. The molecule has 3 N–H and O–H groups in total. The fourth-order valence-electron chi connectivity index (χ4n) is 2.97. The summed E-state index contributed by atoms with van der Waals surface area (Å²) in [6.07, 6.45) is 2.01. The number of aromatic nitrogens is 1. The normalized spacial score (nSPS) is 11.7. The second-order valence-electron chi connectivity index (χ2n) is 6.40. The number of methoxy groups -OCH3 is 1. The number of hydrogen-bond donors (Lipinski definition) is 3. The highest BCUT2D eigenvalue weighted by atomic mass is 19.1. The van der Waals surface area contributed by atoms with Crippen molar-refractivity contribution in [2.45, 2.75) is 12.5 Å². The maximum atomic E-state index is 12.9. The number of para-hydroxylation sites is 1. The van der Waals surface area contributed by atoms with E-state index < -0.39 is 29.6 Å². The van der Waals surface area contributed by atoms with Gasteiger partial charge in [0, 0.05) is 29.1 Å². The molecule has 3 rings (SSSR count). The third-order valence-electron chi connectivity index (χ3n) is 4.44. The molecule has 0 radical (unpaired) electrons. The predicted molar refractivity (Wildman–Crippen MR) is 105 cm³/mol. The summed E-state index contributed by atoms with van der Waals surface area (Å²) in [5, 5.41) is 5.97. The monoisotopic (exact) mass is 397 g/mol. The zero-order valence-corrected chi connectivity index (χ0v) is 15.7. The Balaban J connectivity index is 1.62. The largest absolute Gasteiger partial charge is 0.467 e. The summed E-state index contributed by atoms with van der Waals surface area (Å²) in [7, 11) is 1.24. The van der Waals surface area contributed by atoms with Crippen molar-refractivity contribution in [3.05, 3.63) is 71.7 Å². The molecule has 2 aromatic carbocycles. The van der Waals surface area contributed by atoms with Crippen LogP contribution in [0.25, 0.3) is 10.9 Å². The highest BCUT2D eigenvalue weighted by Crippen LogP contribution is 2.19. The molecule has 0 aliphatic carbocycles. The maximum absolute atomic E-state index is 12.9. The Bertz CT molecular complexity index is 1030. The zero-order valence-electron chi connectivity index (χ0n) is 15.7. The SMILES string of the molecule is COC(=O)[C@@H](Cc1c[nH]c2ccccc12)NC(=O)CNC(=O)c1ccc(F)cc1. The summed E-state index contributed by atoms with van der Waals surface area (Å²) < 4.78 is 17.7. The van der Waals surface area contributed by atoms with Crippen molar-refractivity contribution in [2.24, 2.45) is 0 Å².